The molecule has 112 valence electrons. The monoisotopic (exact) mass is 282 g/mol. The highest BCUT2D eigenvalue weighted by Gasteiger charge is 2.53. The largest absolute Gasteiger partial charge is 0.289 e. The topological polar surface area (TPSA) is 17.1 Å². The first kappa shape index (κ1) is 13.5. The Balaban J connectivity index is 1.71. The molecule has 21 heavy (non-hydrogen) atoms. The van der Waals surface area contributed by atoms with Crippen LogP contribution in [0.3, 0.4) is 0 Å². The number of hydrogen-bond acceptors (Lipinski definition) is 1. The first-order valence-electron chi connectivity index (χ1n) is 8.64. The van der Waals surface area contributed by atoms with Crippen LogP contribution in [0, 0.1) is 29.1 Å². The van der Waals surface area contributed by atoms with E-state index in [0.717, 1.165) is 29.7 Å². The number of rotatable bonds is 0. The number of allylic oxidation sites excluding steroid dienone is 3. The van der Waals surface area contributed by atoms with Gasteiger partial charge in [-0.1, -0.05) is 32.1 Å². The summed E-state index contributed by atoms with van der Waals surface area (Å²) in [5, 5.41) is 0. The molecule has 0 radical (unpaired) electrons. The maximum absolute atomic E-state index is 12.0. The lowest BCUT2D eigenvalue weighted by Crippen LogP contribution is -2.45. The van der Waals surface area contributed by atoms with Crippen LogP contribution < -0.4 is 0 Å². The standard InChI is InChI=1S/C20H26O/c1-12-13(2)19-14(11-18(12)21)6-7-15-16(19)8-10-20(3)9-4-5-17(15)20/h11,15-17,19H,1-2,4-10H2,3H3/t15-,16+,17+,19+,20+/m1/s1. The van der Waals surface area contributed by atoms with Gasteiger partial charge in [-0.15, -0.1) is 0 Å². The highest BCUT2D eigenvalue weighted by Crippen LogP contribution is 2.62. The predicted molar refractivity (Wildman–Crippen MR) is 85.8 cm³/mol. The van der Waals surface area contributed by atoms with E-state index in [-0.39, 0.29) is 5.78 Å². The van der Waals surface area contributed by atoms with Gasteiger partial charge in [0.2, 0.25) is 0 Å². The Kier molecular flexibility index (Phi) is 2.87. The van der Waals surface area contributed by atoms with Crippen molar-refractivity contribution in [3.63, 3.8) is 0 Å². The average Bonchev–Trinajstić information content (AvgIpc) is 2.86. The molecule has 0 aliphatic heterocycles. The normalized spacial score (nSPS) is 45.8. The molecule has 5 atom stereocenters. The van der Waals surface area contributed by atoms with Crippen LogP contribution in [0.4, 0.5) is 0 Å². The van der Waals surface area contributed by atoms with Crippen LogP contribution in [0.5, 0.6) is 0 Å². The SMILES string of the molecule is C=C1C(=C)[C@H]2C(=CC1=O)CC[C@@H]1[C@@H]2CC[C@]2(C)CCC[C@@H]12. The summed E-state index contributed by atoms with van der Waals surface area (Å²) >= 11 is 0. The third kappa shape index (κ3) is 1.79. The van der Waals surface area contributed by atoms with Gasteiger partial charge in [0, 0.05) is 11.5 Å². The zero-order valence-electron chi connectivity index (χ0n) is 13.2. The Morgan fingerprint density at radius 2 is 1.95 bits per heavy atom. The summed E-state index contributed by atoms with van der Waals surface area (Å²) in [5.41, 5.74) is 3.67. The molecule has 0 unspecified atom stereocenters. The van der Waals surface area contributed by atoms with Crippen LogP contribution in [0.25, 0.3) is 0 Å². The molecular formula is C20H26O. The predicted octanol–water partition coefficient (Wildman–Crippen LogP) is 4.85. The smallest absolute Gasteiger partial charge is 0.185 e. The van der Waals surface area contributed by atoms with E-state index in [9.17, 15) is 4.79 Å². The summed E-state index contributed by atoms with van der Waals surface area (Å²) in [6, 6.07) is 0. The van der Waals surface area contributed by atoms with Gasteiger partial charge in [0.25, 0.3) is 0 Å². The first-order chi connectivity index (χ1) is 10.0. The summed E-state index contributed by atoms with van der Waals surface area (Å²) in [5.74, 6) is 3.02. The number of carbonyl (C=O) groups is 1. The molecule has 1 heteroatoms. The maximum Gasteiger partial charge on any atom is 0.185 e. The first-order valence-corrected chi connectivity index (χ1v) is 8.64. The lowest BCUT2D eigenvalue weighted by Gasteiger charge is -2.53. The molecule has 0 heterocycles. The van der Waals surface area contributed by atoms with E-state index in [4.69, 9.17) is 0 Å². The molecule has 0 spiro atoms. The Morgan fingerprint density at radius 1 is 1.14 bits per heavy atom. The van der Waals surface area contributed by atoms with Gasteiger partial charge in [0.15, 0.2) is 5.78 Å². The van der Waals surface area contributed by atoms with Gasteiger partial charge in [-0.25, -0.2) is 0 Å². The number of fused-ring (bicyclic) bond motifs is 5. The number of carbonyl (C=O) groups excluding carboxylic acids is 1. The van der Waals surface area contributed by atoms with Crippen molar-refractivity contribution in [3.05, 3.63) is 36.0 Å². The Bertz CT molecular complexity index is 566. The summed E-state index contributed by atoms with van der Waals surface area (Å²) in [6.45, 7) is 10.8. The summed E-state index contributed by atoms with van der Waals surface area (Å²) in [4.78, 5) is 12.0. The van der Waals surface area contributed by atoms with Gasteiger partial charge in [-0.3, -0.25) is 4.79 Å². The van der Waals surface area contributed by atoms with Crippen molar-refractivity contribution in [2.75, 3.05) is 0 Å². The van der Waals surface area contributed by atoms with Gasteiger partial charge in [0.1, 0.15) is 0 Å². The van der Waals surface area contributed by atoms with Crippen molar-refractivity contribution in [3.8, 4) is 0 Å². The molecule has 4 aliphatic carbocycles. The highest BCUT2D eigenvalue weighted by molar-refractivity contribution is 6.08. The molecular weight excluding hydrogens is 256 g/mol. The van der Waals surface area contributed by atoms with Crippen LogP contribution in [0.2, 0.25) is 0 Å². The van der Waals surface area contributed by atoms with Crippen LogP contribution in [-0.4, -0.2) is 5.78 Å². The minimum atomic E-state index is 0.103. The van der Waals surface area contributed by atoms with Crippen LogP contribution in [0.15, 0.2) is 36.0 Å². The fourth-order valence-electron chi connectivity index (χ4n) is 6.15. The Morgan fingerprint density at radius 3 is 2.76 bits per heavy atom. The van der Waals surface area contributed by atoms with Crippen molar-refractivity contribution in [2.45, 2.75) is 51.9 Å². The zero-order valence-corrected chi connectivity index (χ0v) is 13.2. The summed E-state index contributed by atoms with van der Waals surface area (Å²) < 4.78 is 0. The molecule has 0 saturated heterocycles. The van der Waals surface area contributed by atoms with Crippen LogP contribution in [-0.2, 0) is 4.79 Å². The van der Waals surface area contributed by atoms with Crippen molar-refractivity contribution in [1.29, 1.82) is 0 Å². The van der Waals surface area contributed by atoms with E-state index in [1.807, 2.05) is 6.08 Å². The molecule has 0 aromatic rings. The molecule has 0 bridgehead atoms. The summed E-state index contributed by atoms with van der Waals surface area (Å²) in [7, 11) is 0. The zero-order chi connectivity index (χ0) is 14.8. The Hall–Kier alpha value is -1.11. The van der Waals surface area contributed by atoms with E-state index in [1.165, 1.54) is 44.1 Å². The second-order valence-electron chi connectivity index (χ2n) is 8.12. The number of ketones is 1. The molecule has 4 aliphatic rings. The van der Waals surface area contributed by atoms with Gasteiger partial charge in [0.05, 0.1) is 0 Å². The van der Waals surface area contributed by atoms with Crippen molar-refractivity contribution < 1.29 is 4.79 Å². The third-order valence-electron chi connectivity index (χ3n) is 7.24. The quantitative estimate of drug-likeness (QED) is 0.580. The van der Waals surface area contributed by atoms with E-state index in [0.29, 0.717) is 16.9 Å². The summed E-state index contributed by atoms with van der Waals surface area (Å²) in [6.07, 6.45) is 11.3. The fraction of sp³-hybridized carbons (Fsp3) is 0.650. The van der Waals surface area contributed by atoms with E-state index in [1.54, 1.807) is 0 Å². The molecule has 0 N–H and O–H groups in total. The number of hydrogen-bond donors (Lipinski definition) is 0. The molecule has 0 aromatic carbocycles. The van der Waals surface area contributed by atoms with Crippen molar-refractivity contribution in [1.82, 2.24) is 0 Å². The van der Waals surface area contributed by atoms with Gasteiger partial charge in [-0.05, 0) is 73.3 Å². The molecule has 1 nitrogen and oxygen atoms in total. The lowest BCUT2D eigenvalue weighted by atomic mass is 9.51. The minimum Gasteiger partial charge on any atom is -0.289 e. The molecule has 4 rings (SSSR count). The van der Waals surface area contributed by atoms with Crippen molar-refractivity contribution in [2.24, 2.45) is 29.1 Å². The fourth-order valence-corrected chi connectivity index (χ4v) is 6.15. The molecule has 3 saturated carbocycles. The maximum atomic E-state index is 12.0. The average molecular weight is 282 g/mol. The van der Waals surface area contributed by atoms with E-state index < -0.39 is 0 Å². The molecule has 3 fully saturated rings. The Labute approximate surface area is 128 Å². The third-order valence-corrected chi connectivity index (χ3v) is 7.24. The van der Waals surface area contributed by atoms with Gasteiger partial charge in [-0.2, -0.15) is 0 Å². The van der Waals surface area contributed by atoms with Crippen LogP contribution >= 0.6 is 0 Å². The van der Waals surface area contributed by atoms with Gasteiger partial charge >= 0.3 is 0 Å². The van der Waals surface area contributed by atoms with Crippen LogP contribution in [0.1, 0.15) is 51.9 Å². The molecule has 0 amide bonds. The van der Waals surface area contributed by atoms with E-state index in [2.05, 4.69) is 20.1 Å². The second-order valence-corrected chi connectivity index (χ2v) is 8.12. The van der Waals surface area contributed by atoms with Gasteiger partial charge < -0.3 is 0 Å². The second kappa shape index (κ2) is 4.44. The van der Waals surface area contributed by atoms with E-state index >= 15 is 0 Å². The minimum absolute atomic E-state index is 0.103. The van der Waals surface area contributed by atoms with Crippen molar-refractivity contribution >= 4 is 5.78 Å². The highest BCUT2D eigenvalue weighted by atomic mass is 16.1. The molecule has 0 aromatic heterocycles. The lowest BCUT2D eigenvalue weighted by molar-refractivity contribution is -0.111.